The number of carbonyl (C=O) groups excluding carboxylic acids is 1. The Morgan fingerprint density at radius 3 is 2.68 bits per heavy atom. The van der Waals surface area contributed by atoms with E-state index in [4.69, 9.17) is 5.11 Å². The summed E-state index contributed by atoms with van der Waals surface area (Å²) in [7, 11) is 1.47. The van der Waals surface area contributed by atoms with Gasteiger partial charge in [-0.15, -0.1) is 0 Å². The zero-order valence-electron chi connectivity index (χ0n) is 11.0. The molecule has 1 aromatic heterocycles. The smallest absolute Gasteiger partial charge is 0.326 e. The molecule has 0 aliphatic rings. The highest BCUT2D eigenvalue weighted by molar-refractivity contribution is 5.95. The van der Waals surface area contributed by atoms with Crippen molar-refractivity contribution in [2.45, 2.75) is 32.2 Å². The molecule has 0 saturated heterocycles. The summed E-state index contributed by atoms with van der Waals surface area (Å²) in [5.41, 5.74) is -0.164. The van der Waals surface area contributed by atoms with Crippen LogP contribution in [-0.4, -0.2) is 27.6 Å². The molecule has 1 amide bonds. The van der Waals surface area contributed by atoms with E-state index in [1.165, 1.54) is 29.8 Å². The second-order valence-corrected chi connectivity index (χ2v) is 4.31. The van der Waals surface area contributed by atoms with Crippen molar-refractivity contribution in [2.24, 2.45) is 7.05 Å². The summed E-state index contributed by atoms with van der Waals surface area (Å²) in [6, 6.07) is 3.36. The average Bonchev–Trinajstić information content (AvgIpc) is 2.37. The quantitative estimate of drug-likeness (QED) is 0.795. The van der Waals surface area contributed by atoms with Gasteiger partial charge in [0.1, 0.15) is 11.7 Å². The summed E-state index contributed by atoms with van der Waals surface area (Å²) in [5.74, 6) is -1.62. The molecule has 0 radical (unpaired) electrons. The summed E-state index contributed by atoms with van der Waals surface area (Å²) < 4.78 is 1.19. The molecule has 1 heterocycles. The third-order valence-electron chi connectivity index (χ3n) is 2.87. The predicted octanol–water partition coefficient (Wildman–Crippen LogP) is 0.758. The highest BCUT2D eigenvalue weighted by Crippen LogP contribution is 2.03. The molecule has 2 N–H and O–H groups in total. The Morgan fingerprint density at radius 1 is 1.42 bits per heavy atom. The fourth-order valence-corrected chi connectivity index (χ4v) is 1.69. The molecule has 0 fully saturated rings. The van der Waals surface area contributed by atoms with Crippen LogP contribution in [0.25, 0.3) is 0 Å². The minimum absolute atomic E-state index is 0.148. The number of carboxylic acids is 1. The van der Waals surface area contributed by atoms with E-state index >= 15 is 0 Å². The highest BCUT2D eigenvalue weighted by atomic mass is 16.4. The number of nitrogens with zero attached hydrogens (tertiary/aromatic N) is 1. The second kappa shape index (κ2) is 6.72. The van der Waals surface area contributed by atoms with Crippen molar-refractivity contribution in [3.05, 3.63) is 34.2 Å². The first kappa shape index (κ1) is 14.9. The van der Waals surface area contributed by atoms with E-state index in [2.05, 4.69) is 5.32 Å². The fourth-order valence-electron chi connectivity index (χ4n) is 1.69. The number of aliphatic carboxylic acids is 1. The minimum atomic E-state index is -1.07. The van der Waals surface area contributed by atoms with Crippen LogP contribution in [0.1, 0.15) is 36.7 Å². The van der Waals surface area contributed by atoms with Crippen molar-refractivity contribution in [1.29, 1.82) is 0 Å². The van der Waals surface area contributed by atoms with E-state index in [1.54, 1.807) is 0 Å². The Balaban J connectivity index is 2.85. The lowest BCUT2D eigenvalue weighted by Gasteiger charge is -2.15. The number of rotatable bonds is 6. The largest absolute Gasteiger partial charge is 0.480 e. The number of hydrogen-bond acceptors (Lipinski definition) is 3. The molecule has 0 aliphatic heterocycles. The Bertz CT molecular complexity index is 522. The lowest BCUT2D eigenvalue weighted by atomic mass is 10.1. The molecule has 6 heteroatoms. The minimum Gasteiger partial charge on any atom is -0.480 e. The predicted molar refractivity (Wildman–Crippen MR) is 70.1 cm³/mol. The molecule has 0 aromatic carbocycles. The molecule has 104 valence electrons. The first-order chi connectivity index (χ1) is 8.97. The Morgan fingerprint density at radius 2 is 2.11 bits per heavy atom. The van der Waals surface area contributed by atoms with E-state index < -0.39 is 17.9 Å². The molecular formula is C13H18N2O4. The molecule has 1 atom stereocenters. The van der Waals surface area contributed by atoms with Crippen molar-refractivity contribution < 1.29 is 14.7 Å². The van der Waals surface area contributed by atoms with Crippen LogP contribution in [0.2, 0.25) is 0 Å². The van der Waals surface area contributed by atoms with Gasteiger partial charge in [-0.25, -0.2) is 4.79 Å². The topological polar surface area (TPSA) is 88.4 Å². The molecule has 19 heavy (non-hydrogen) atoms. The van der Waals surface area contributed by atoms with E-state index in [-0.39, 0.29) is 11.3 Å². The Kier molecular flexibility index (Phi) is 5.29. The summed E-state index contributed by atoms with van der Waals surface area (Å²) in [6.45, 7) is 1.95. The molecular weight excluding hydrogens is 248 g/mol. The van der Waals surface area contributed by atoms with Gasteiger partial charge in [0, 0.05) is 13.1 Å². The van der Waals surface area contributed by atoms with Gasteiger partial charge in [-0.2, -0.15) is 0 Å². The van der Waals surface area contributed by atoms with Crippen LogP contribution < -0.4 is 10.9 Å². The summed E-state index contributed by atoms with van der Waals surface area (Å²) in [6.07, 6.45) is 1.94. The van der Waals surface area contributed by atoms with E-state index in [1.807, 2.05) is 6.92 Å². The first-order valence-corrected chi connectivity index (χ1v) is 6.17. The number of unbranched alkanes of at least 4 members (excludes halogenated alkanes) is 1. The van der Waals surface area contributed by atoms with Gasteiger partial charge in [-0.3, -0.25) is 9.59 Å². The van der Waals surface area contributed by atoms with Crippen molar-refractivity contribution in [3.8, 4) is 0 Å². The maximum absolute atomic E-state index is 12.0. The van der Waals surface area contributed by atoms with Gasteiger partial charge in [0.05, 0.1) is 0 Å². The fraction of sp³-hybridized carbons (Fsp3) is 0.462. The number of amides is 1. The van der Waals surface area contributed by atoms with Crippen LogP contribution in [0, 0.1) is 0 Å². The van der Waals surface area contributed by atoms with Crippen LogP contribution in [0.4, 0.5) is 0 Å². The molecule has 6 nitrogen and oxygen atoms in total. The average molecular weight is 266 g/mol. The summed E-state index contributed by atoms with van der Waals surface area (Å²) in [5, 5.41) is 11.5. The molecule has 0 bridgehead atoms. The Hall–Kier alpha value is -2.11. The number of nitrogens with one attached hydrogen (secondary N) is 1. The van der Waals surface area contributed by atoms with Crippen LogP contribution in [0.15, 0.2) is 23.0 Å². The first-order valence-electron chi connectivity index (χ1n) is 6.17. The number of hydrogen-bond donors (Lipinski definition) is 2. The van der Waals surface area contributed by atoms with Crippen LogP contribution in [0.3, 0.4) is 0 Å². The number of aromatic nitrogens is 1. The van der Waals surface area contributed by atoms with Crippen LogP contribution in [0.5, 0.6) is 0 Å². The SMILES string of the molecule is CCCCC(NC(=O)c1cccc(=O)n1C)C(=O)O. The van der Waals surface area contributed by atoms with E-state index in [9.17, 15) is 14.4 Å². The molecule has 0 aliphatic carbocycles. The zero-order chi connectivity index (χ0) is 14.4. The highest BCUT2D eigenvalue weighted by Gasteiger charge is 2.21. The Labute approximate surface area is 111 Å². The van der Waals surface area contributed by atoms with E-state index in [0.29, 0.717) is 12.8 Å². The van der Waals surface area contributed by atoms with Gasteiger partial charge < -0.3 is 15.0 Å². The van der Waals surface area contributed by atoms with Crippen molar-refractivity contribution in [1.82, 2.24) is 9.88 Å². The van der Waals surface area contributed by atoms with Crippen molar-refractivity contribution in [3.63, 3.8) is 0 Å². The second-order valence-electron chi connectivity index (χ2n) is 4.31. The van der Waals surface area contributed by atoms with Crippen LogP contribution >= 0.6 is 0 Å². The van der Waals surface area contributed by atoms with Gasteiger partial charge in [0.15, 0.2) is 0 Å². The molecule has 1 aromatic rings. The van der Waals surface area contributed by atoms with Gasteiger partial charge in [-0.05, 0) is 12.5 Å². The lowest BCUT2D eigenvalue weighted by molar-refractivity contribution is -0.139. The van der Waals surface area contributed by atoms with Crippen molar-refractivity contribution >= 4 is 11.9 Å². The molecule has 0 saturated carbocycles. The van der Waals surface area contributed by atoms with Gasteiger partial charge in [0.2, 0.25) is 0 Å². The normalized spacial score (nSPS) is 11.9. The molecule has 0 spiro atoms. The number of carboxylic acid groups (broad SMARTS) is 1. The number of pyridine rings is 1. The van der Waals surface area contributed by atoms with Gasteiger partial charge in [-0.1, -0.05) is 25.8 Å². The van der Waals surface area contributed by atoms with Gasteiger partial charge >= 0.3 is 5.97 Å². The molecule has 1 rings (SSSR count). The zero-order valence-corrected chi connectivity index (χ0v) is 11.0. The van der Waals surface area contributed by atoms with Crippen molar-refractivity contribution in [2.75, 3.05) is 0 Å². The van der Waals surface area contributed by atoms with E-state index in [0.717, 1.165) is 6.42 Å². The molecule has 1 unspecified atom stereocenters. The third-order valence-corrected chi connectivity index (χ3v) is 2.87. The number of carbonyl (C=O) groups is 2. The summed E-state index contributed by atoms with van der Waals surface area (Å²) in [4.78, 5) is 34.4. The third kappa shape index (κ3) is 3.94. The van der Waals surface area contributed by atoms with Crippen LogP contribution in [-0.2, 0) is 11.8 Å². The monoisotopic (exact) mass is 266 g/mol. The standard InChI is InChI=1S/C13H18N2O4/c1-3-4-6-9(13(18)19)14-12(17)10-7-5-8-11(16)15(10)2/h5,7-9H,3-4,6H2,1-2H3,(H,14,17)(H,18,19). The van der Waals surface area contributed by atoms with Gasteiger partial charge in [0.25, 0.3) is 11.5 Å². The maximum Gasteiger partial charge on any atom is 0.326 e. The lowest BCUT2D eigenvalue weighted by Crippen LogP contribution is -2.42. The summed E-state index contributed by atoms with van der Waals surface area (Å²) >= 11 is 0. The maximum atomic E-state index is 12.0.